The standard InChI is InChI=1S/C14H12ClN3O2/c1-20-8-11-6-14(19)18-13(16-11)7-12(17-18)9-2-4-10(15)5-3-9/h2-7,17H,8H2,1H3. The van der Waals surface area contributed by atoms with Gasteiger partial charge in [0.25, 0.3) is 5.56 Å². The summed E-state index contributed by atoms with van der Waals surface area (Å²) in [5.74, 6) is 0. The quantitative estimate of drug-likeness (QED) is 0.806. The number of benzene rings is 1. The van der Waals surface area contributed by atoms with Gasteiger partial charge in [0.2, 0.25) is 0 Å². The van der Waals surface area contributed by atoms with E-state index in [0.717, 1.165) is 11.3 Å². The fourth-order valence-electron chi connectivity index (χ4n) is 2.04. The van der Waals surface area contributed by atoms with Gasteiger partial charge < -0.3 is 4.74 Å². The summed E-state index contributed by atoms with van der Waals surface area (Å²) in [6, 6.07) is 10.6. The lowest BCUT2D eigenvalue weighted by atomic mass is 10.2. The number of hydrogen-bond donors (Lipinski definition) is 1. The van der Waals surface area contributed by atoms with Crippen molar-refractivity contribution < 1.29 is 4.74 Å². The molecule has 0 saturated heterocycles. The van der Waals surface area contributed by atoms with Crippen molar-refractivity contribution in [2.45, 2.75) is 6.61 Å². The molecular weight excluding hydrogens is 278 g/mol. The zero-order valence-corrected chi connectivity index (χ0v) is 11.5. The lowest BCUT2D eigenvalue weighted by Crippen LogP contribution is -2.15. The van der Waals surface area contributed by atoms with Gasteiger partial charge in [-0.05, 0) is 17.7 Å². The van der Waals surface area contributed by atoms with E-state index >= 15 is 0 Å². The molecule has 2 heterocycles. The van der Waals surface area contributed by atoms with Crippen molar-refractivity contribution in [2.75, 3.05) is 7.11 Å². The van der Waals surface area contributed by atoms with E-state index in [2.05, 4.69) is 10.1 Å². The maximum Gasteiger partial charge on any atom is 0.272 e. The molecule has 6 heteroatoms. The number of H-pyrrole nitrogens is 1. The Labute approximate surface area is 119 Å². The van der Waals surface area contributed by atoms with Crippen molar-refractivity contribution in [3.8, 4) is 11.3 Å². The molecule has 102 valence electrons. The summed E-state index contributed by atoms with van der Waals surface area (Å²) < 4.78 is 6.41. The molecule has 3 rings (SSSR count). The van der Waals surface area contributed by atoms with Crippen LogP contribution in [0.3, 0.4) is 0 Å². The first-order valence-electron chi connectivity index (χ1n) is 6.04. The van der Waals surface area contributed by atoms with E-state index in [4.69, 9.17) is 16.3 Å². The van der Waals surface area contributed by atoms with Crippen molar-refractivity contribution in [1.82, 2.24) is 14.6 Å². The largest absolute Gasteiger partial charge is 0.378 e. The SMILES string of the molecule is COCc1cc(=O)n2[nH]c(-c3ccc(Cl)cc3)cc2n1. The maximum absolute atomic E-state index is 12.0. The highest BCUT2D eigenvalue weighted by molar-refractivity contribution is 6.30. The third-order valence-corrected chi connectivity index (χ3v) is 3.20. The van der Waals surface area contributed by atoms with E-state index < -0.39 is 0 Å². The molecule has 0 bridgehead atoms. The Bertz CT molecular complexity index is 805. The molecular formula is C14H12ClN3O2. The number of methoxy groups -OCH3 is 1. The van der Waals surface area contributed by atoms with Crippen LogP contribution in [0.15, 0.2) is 41.2 Å². The van der Waals surface area contributed by atoms with Crippen LogP contribution in [0.25, 0.3) is 16.9 Å². The van der Waals surface area contributed by atoms with E-state index in [0.29, 0.717) is 23.0 Å². The van der Waals surface area contributed by atoms with Crippen molar-refractivity contribution in [1.29, 1.82) is 0 Å². The maximum atomic E-state index is 12.0. The van der Waals surface area contributed by atoms with Crippen molar-refractivity contribution in [2.24, 2.45) is 0 Å². The molecule has 0 amide bonds. The van der Waals surface area contributed by atoms with Gasteiger partial charge in [-0.25, -0.2) is 9.50 Å². The Morgan fingerprint density at radius 3 is 2.75 bits per heavy atom. The fourth-order valence-corrected chi connectivity index (χ4v) is 2.17. The van der Waals surface area contributed by atoms with Crippen molar-refractivity contribution in [3.05, 3.63) is 57.5 Å². The number of rotatable bonds is 3. The number of aromatic amines is 1. The first-order chi connectivity index (χ1) is 9.67. The predicted molar refractivity (Wildman–Crippen MR) is 77.0 cm³/mol. The highest BCUT2D eigenvalue weighted by Crippen LogP contribution is 2.20. The van der Waals surface area contributed by atoms with E-state index in [9.17, 15) is 4.79 Å². The third kappa shape index (κ3) is 2.33. The minimum atomic E-state index is -0.165. The lowest BCUT2D eigenvalue weighted by molar-refractivity contribution is 0.181. The molecule has 0 radical (unpaired) electrons. The Hall–Kier alpha value is -2.11. The molecule has 0 unspecified atom stereocenters. The summed E-state index contributed by atoms with van der Waals surface area (Å²) in [6.45, 7) is 0.313. The van der Waals surface area contributed by atoms with Gasteiger partial charge in [-0.1, -0.05) is 23.7 Å². The fraction of sp³-hybridized carbons (Fsp3) is 0.143. The van der Waals surface area contributed by atoms with Gasteiger partial charge >= 0.3 is 0 Å². The van der Waals surface area contributed by atoms with Gasteiger partial charge in [-0.15, -0.1) is 0 Å². The van der Waals surface area contributed by atoms with Crippen LogP contribution in [0.1, 0.15) is 5.69 Å². The summed E-state index contributed by atoms with van der Waals surface area (Å²) >= 11 is 5.87. The smallest absolute Gasteiger partial charge is 0.272 e. The van der Waals surface area contributed by atoms with Crippen LogP contribution in [0.4, 0.5) is 0 Å². The van der Waals surface area contributed by atoms with Crippen LogP contribution in [0.5, 0.6) is 0 Å². The van der Waals surface area contributed by atoms with Gasteiger partial charge in [0.05, 0.1) is 18.0 Å². The molecule has 1 aromatic carbocycles. The zero-order chi connectivity index (χ0) is 14.1. The van der Waals surface area contributed by atoms with Gasteiger partial charge in [0.15, 0.2) is 5.65 Å². The van der Waals surface area contributed by atoms with E-state index in [-0.39, 0.29) is 5.56 Å². The predicted octanol–water partition coefficient (Wildman–Crippen LogP) is 2.49. The van der Waals surface area contributed by atoms with Crippen LogP contribution < -0.4 is 5.56 Å². The highest BCUT2D eigenvalue weighted by atomic mass is 35.5. The molecule has 5 nitrogen and oxygen atoms in total. The van der Waals surface area contributed by atoms with E-state index in [1.165, 1.54) is 10.6 Å². The number of halogens is 1. The second kappa shape index (κ2) is 5.11. The second-order valence-electron chi connectivity index (χ2n) is 4.39. The normalized spacial score (nSPS) is 11.1. The summed E-state index contributed by atoms with van der Waals surface area (Å²) in [6.07, 6.45) is 0. The lowest BCUT2D eigenvalue weighted by Gasteiger charge is -1.98. The molecule has 0 spiro atoms. The van der Waals surface area contributed by atoms with Crippen molar-refractivity contribution >= 4 is 17.2 Å². The molecule has 0 saturated carbocycles. The van der Waals surface area contributed by atoms with Crippen molar-refractivity contribution in [3.63, 3.8) is 0 Å². The van der Waals surface area contributed by atoms with Gasteiger partial charge in [0, 0.05) is 24.3 Å². The Kier molecular flexibility index (Phi) is 3.30. The minimum Gasteiger partial charge on any atom is -0.378 e. The minimum absolute atomic E-state index is 0.165. The summed E-state index contributed by atoms with van der Waals surface area (Å²) in [5.41, 5.74) is 2.75. The first-order valence-corrected chi connectivity index (χ1v) is 6.42. The number of fused-ring (bicyclic) bond motifs is 1. The van der Waals surface area contributed by atoms with E-state index in [1.54, 1.807) is 19.2 Å². The summed E-state index contributed by atoms with van der Waals surface area (Å²) in [5, 5.41) is 3.70. The van der Waals surface area contributed by atoms with Crippen LogP contribution in [-0.4, -0.2) is 21.7 Å². The monoisotopic (exact) mass is 289 g/mol. The first kappa shape index (κ1) is 12.9. The topological polar surface area (TPSA) is 59.4 Å². The number of nitrogens with zero attached hydrogens (tertiary/aromatic N) is 2. The summed E-state index contributed by atoms with van der Waals surface area (Å²) in [4.78, 5) is 16.4. The molecule has 0 aliphatic carbocycles. The van der Waals surface area contributed by atoms with Gasteiger partial charge in [-0.2, -0.15) is 0 Å². The second-order valence-corrected chi connectivity index (χ2v) is 4.83. The Morgan fingerprint density at radius 2 is 2.05 bits per heavy atom. The van der Waals surface area contributed by atoms with Gasteiger partial charge in [-0.3, -0.25) is 9.89 Å². The van der Waals surface area contributed by atoms with Crippen LogP contribution >= 0.6 is 11.6 Å². The number of aromatic nitrogens is 3. The van der Waals surface area contributed by atoms with Gasteiger partial charge in [0.1, 0.15) is 0 Å². The van der Waals surface area contributed by atoms with E-state index in [1.807, 2.05) is 18.2 Å². The number of ether oxygens (including phenoxy) is 1. The summed E-state index contributed by atoms with van der Waals surface area (Å²) in [7, 11) is 1.57. The van der Waals surface area contributed by atoms with Crippen LogP contribution in [-0.2, 0) is 11.3 Å². The molecule has 0 fully saturated rings. The van der Waals surface area contributed by atoms with Crippen LogP contribution in [0, 0.1) is 0 Å². The van der Waals surface area contributed by atoms with Crippen LogP contribution in [0.2, 0.25) is 5.02 Å². The zero-order valence-electron chi connectivity index (χ0n) is 10.8. The molecule has 3 aromatic rings. The molecule has 0 aliphatic heterocycles. The molecule has 2 aromatic heterocycles. The molecule has 0 atom stereocenters. The Morgan fingerprint density at radius 1 is 1.30 bits per heavy atom. The number of hydrogen-bond acceptors (Lipinski definition) is 3. The average Bonchev–Trinajstić information content (AvgIpc) is 2.84. The average molecular weight is 290 g/mol. The Balaban J connectivity index is 2.12. The number of nitrogens with one attached hydrogen (secondary N) is 1. The third-order valence-electron chi connectivity index (χ3n) is 2.95. The molecule has 1 N–H and O–H groups in total. The highest BCUT2D eigenvalue weighted by Gasteiger charge is 2.07. The molecule has 20 heavy (non-hydrogen) atoms. The molecule has 0 aliphatic rings.